The Morgan fingerprint density at radius 2 is 1.85 bits per heavy atom. The van der Waals surface area contributed by atoms with E-state index in [-0.39, 0.29) is 5.75 Å². The number of phenolic OH excluding ortho intramolecular Hbond substituents is 1. The van der Waals surface area contributed by atoms with Gasteiger partial charge in [0.15, 0.2) is 0 Å². The summed E-state index contributed by atoms with van der Waals surface area (Å²) in [5.74, 6) is 1.26. The van der Waals surface area contributed by atoms with E-state index in [0.717, 1.165) is 64.4 Å². The van der Waals surface area contributed by atoms with Crippen molar-refractivity contribution in [2.75, 3.05) is 0 Å². The number of aliphatic imine (C=N–C) groups is 1. The SMILES string of the molecule is Oc1c(Br)cc2oc3c(c2c1C=Nc1cccc2ccccc12)CCCC3. The minimum atomic E-state index is 0.209. The first kappa shape index (κ1) is 16.6. The fraction of sp³-hybridized carbons (Fsp3) is 0.174. The molecule has 3 aromatic carbocycles. The summed E-state index contributed by atoms with van der Waals surface area (Å²) in [4.78, 5) is 4.74. The lowest BCUT2D eigenvalue weighted by molar-refractivity contribution is 0.471. The zero-order chi connectivity index (χ0) is 18.4. The highest BCUT2D eigenvalue weighted by atomic mass is 79.9. The number of halogens is 1. The number of hydrogen-bond acceptors (Lipinski definition) is 3. The molecule has 0 radical (unpaired) electrons. The number of nitrogens with zero attached hydrogens (tertiary/aromatic N) is 1. The molecule has 134 valence electrons. The van der Waals surface area contributed by atoms with Gasteiger partial charge in [0.05, 0.1) is 10.2 Å². The highest BCUT2D eigenvalue weighted by Gasteiger charge is 2.22. The van der Waals surface area contributed by atoms with Crippen molar-refractivity contribution in [2.24, 2.45) is 4.99 Å². The Morgan fingerprint density at radius 3 is 2.78 bits per heavy atom. The first-order valence-electron chi connectivity index (χ1n) is 9.20. The van der Waals surface area contributed by atoms with Crippen molar-refractivity contribution < 1.29 is 9.52 Å². The molecule has 4 aromatic rings. The Labute approximate surface area is 165 Å². The smallest absolute Gasteiger partial charge is 0.139 e. The Hall–Kier alpha value is -2.59. The molecule has 5 rings (SSSR count). The third-order valence-electron chi connectivity index (χ3n) is 5.31. The van der Waals surface area contributed by atoms with Crippen molar-refractivity contribution >= 4 is 49.6 Å². The van der Waals surface area contributed by atoms with Gasteiger partial charge in [-0.3, -0.25) is 4.99 Å². The summed E-state index contributed by atoms with van der Waals surface area (Å²) in [5, 5.41) is 14.0. The maximum Gasteiger partial charge on any atom is 0.139 e. The van der Waals surface area contributed by atoms with E-state index < -0.39 is 0 Å². The molecule has 0 amide bonds. The lowest BCUT2D eigenvalue weighted by Crippen LogP contribution is -1.99. The highest BCUT2D eigenvalue weighted by Crippen LogP contribution is 2.40. The second-order valence-corrected chi connectivity index (χ2v) is 7.82. The molecule has 0 unspecified atom stereocenters. The summed E-state index contributed by atoms with van der Waals surface area (Å²) in [7, 11) is 0. The summed E-state index contributed by atoms with van der Waals surface area (Å²) >= 11 is 3.45. The van der Waals surface area contributed by atoms with Gasteiger partial charge >= 0.3 is 0 Å². The third kappa shape index (κ3) is 2.76. The van der Waals surface area contributed by atoms with Gasteiger partial charge in [-0.1, -0.05) is 36.4 Å². The monoisotopic (exact) mass is 419 g/mol. The van der Waals surface area contributed by atoms with Crippen LogP contribution >= 0.6 is 15.9 Å². The van der Waals surface area contributed by atoms with Crippen molar-refractivity contribution in [3.05, 3.63) is 69.9 Å². The van der Waals surface area contributed by atoms with Gasteiger partial charge in [0.2, 0.25) is 0 Å². The summed E-state index contributed by atoms with van der Waals surface area (Å²) in [6, 6.07) is 16.1. The number of rotatable bonds is 2. The molecule has 1 heterocycles. The van der Waals surface area contributed by atoms with Gasteiger partial charge in [-0.2, -0.15) is 0 Å². The van der Waals surface area contributed by atoms with E-state index in [4.69, 9.17) is 9.41 Å². The van der Waals surface area contributed by atoms with E-state index in [1.165, 1.54) is 5.56 Å². The lowest BCUT2D eigenvalue weighted by atomic mass is 9.94. The molecule has 1 aliphatic rings. The first-order valence-corrected chi connectivity index (χ1v) is 9.99. The number of aryl methyl sites for hydroxylation is 2. The van der Waals surface area contributed by atoms with Gasteiger partial charge < -0.3 is 9.52 Å². The molecule has 27 heavy (non-hydrogen) atoms. The molecule has 0 saturated carbocycles. The molecule has 3 nitrogen and oxygen atoms in total. The predicted octanol–water partition coefficient (Wildman–Crippen LogP) is 6.68. The van der Waals surface area contributed by atoms with Crippen LogP contribution in [0.15, 0.2) is 62.4 Å². The molecule has 0 saturated heterocycles. The number of phenols is 1. The third-order valence-corrected chi connectivity index (χ3v) is 5.91. The molecular weight excluding hydrogens is 402 g/mol. The van der Waals surface area contributed by atoms with Crippen molar-refractivity contribution in [1.29, 1.82) is 0 Å². The van der Waals surface area contributed by atoms with E-state index in [9.17, 15) is 5.11 Å². The second-order valence-electron chi connectivity index (χ2n) is 6.96. The normalized spacial score (nSPS) is 14.3. The molecule has 0 aliphatic heterocycles. The van der Waals surface area contributed by atoms with Crippen LogP contribution in [-0.2, 0) is 12.8 Å². The maximum atomic E-state index is 10.7. The molecule has 1 N–H and O–H groups in total. The zero-order valence-corrected chi connectivity index (χ0v) is 16.3. The van der Waals surface area contributed by atoms with Gasteiger partial charge in [-0.15, -0.1) is 0 Å². The standard InChI is InChI=1S/C23H18BrNO2/c24-18-12-21-22(16-9-3-4-11-20(16)27-21)17(23(18)26)13-25-19-10-5-7-14-6-1-2-8-15(14)19/h1-2,5-8,10,12-13,26H,3-4,9,11H2. The van der Waals surface area contributed by atoms with Crippen molar-refractivity contribution in [3.63, 3.8) is 0 Å². The van der Waals surface area contributed by atoms with Crippen LogP contribution in [0.25, 0.3) is 21.7 Å². The van der Waals surface area contributed by atoms with Crippen molar-refractivity contribution in [3.8, 4) is 5.75 Å². The van der Waals surface area contributed by atoms with Crippen LogP contribution in [0.2, 0.25) is 0 Å². The van der Waals surface area contributed by atoms with Crippen LogP contribution in [0.3, 0.4) is 0 Å². The van der Waals surface area contributed by atoms with Gasteiger partial charge in [-0.05, 0) is 52.7 Å². The Morgan fingerprint density at radius 1 is 1.04 bits per heavy atom. The second kappa shape index (κ2) is 6.54. The summed E-state index contributed by atoms with van der Waals surface area (Å²) in [6.07, 6.45) is 6.02. The molecule has 1 aromatic heterocycles. The van der Waals surface area contributed by atoms with Crippen LogP contribution < -0.4 is 0 Å². The number of aromatic hydroxyl groups is 1. The number of hydrogen-bond donors (Lipinski definition) is 1. The predicted molar refractivity (Wildman–Crippen MR) is 113 cm³/mol. The average Bonchev–Trinajstić information content (AvgIpc) is 3.06. The summed E-state index contributed by atoms with van der Waals surface area (Å²) in [5.41, 5.74) is 3.64. The molecule has 4 heteroatoms. The topological polar surface area (TPSA) is 45.7 Å². The van der Waals surface area contributed by atoms with Gasteiger partial charge in [0, 0.05) is 34.5 Å². The molecular formula is C23H18BrNO2. The fourth-order valence-electron chi connectivity index (χ4n) is 4.00. The highest BCUT2D eigenvalue weighted by molar-refractivity contribution is 9.10. The molecule has 0 spiro atoms. The number of furan rings is 1. The van der Waals surface area contributed by atoms with Gasteiger partial charge in [-0.25, -0.2) is 0 Å². The van der Waals surface area contributed by atoms with E-state index >= 15 is 0 Å². The molecule has 1 aliphatic carbocycles. The number of benzene rings is 3. The van der Waals surface area contributed by atoms with Crippen LogP contribution in [0.1, 0.15) is 29.7 Å². The first-order chi connectivity index (χ1) is 13.2. The number of fused-ring (bicyclic) bond motifs is 4. The molecule has 0 atom stereocenters. The largest absolute Gasteiger partial charge is 0.506 e. The molecule has 0 bridgehead atoms. The van der Waals surface area contributed by atoms with E-state index in [1.54, 1.807) is 6.21 Å². The van der Waals surface area contributed by atoms with Gasteiger partial charge in [0.1, 0.15) is 17.1 Å². The van der Waals surface area contributed by atoms with E-state index in [0.29, 0.717) is 4.47 Å². The minimum absolute atomic E-state index is 0.209. The summed E-state index contributed by atoms with van der Waals surface area (Å²) in [6.45, 7) is 0. The van der Waals surface area contributed by atoms with Crippen LogP contribution in [0.4, 0.5) is 5.69 Å². The quantitative estimate of drug-likeness (QED) is 0.368. The Kier molecular flexibility index (Phi) is 4.01. The van der Waals surface area contributed by atoms with Crippen LogP contribution in [0, 0.1) is 0 Å². The van der Waals surface area contributed by atoms with Gasteiger partial charge in [0.25, 0.3) is 0 Å². The van der Waals surface area contributed by atoms with Crippen molar-refractivity contribution in [2.45, 2.75) is 25.7 Å². The van der Waals surface area contributed by atoms with Crippen molar-refractivity contribution in [1.82, 2.24) is 0 Å². The fourth-order valence-corrected chi connectivity index (χ4v) is 4.42. The molecule has 0 fully saturated rings. The Bertz CT molecular complexity index is 1200. The van der Waals surface area contributed by atoms with E-state index in [2.05, 4.69) is 34.1 Å². The van der Waals surface area contributed by atoms with Crippen LogP contribution in [-0.4, -0.2) is 11.3 Å². The maximum absolute atomic E-state index is 10.7. The Balaban J connectivity index is 1.71. The summed E-state index contributed by atoms with van der Waals surface area (Å²) < 4.78 is 6.71. The van der Waals surface area contributed by atoms with Crippen LogP contribution in [0.5, 0.6) is 5.75 Å². The zero-order valence-electron chi connectivity index (χ0n) is 14.7. The lowest BCUT2D eigenvalue weighted by Gasteiger charge is -2.10. The minimum Gasteiger partial charge on any atom is -0.506 e. The van der Waals surface area contributed by atoms with E-state index in [1.807, 2.05) is 30.3 Å². The average molecular weight is 420 g/mol.